The van der Waals surface area contributed by atoms with E-state index in [9.17, 15) is 13.2 Å². The van der Waals surface area contributed by atoms with Gasteiger partial charge in [0.2, 0.25) is 0 Å². The number of amides is 1. The second-order valence-electron chi connectivity index (χ2n) is 6.66. The number of hydrogen-bond acceptors (Lipinski definition) is 6. The second kappa shape index (κ2) is 7.66. The Morgan fingerprint density at radius 3 is 2.66 bits per heavy atom. The van der Waals surface area contributed by atoms with Crippen molar-refractivity contribution in [1.29, 1.82) is 0 Å². The number of sulfonamides is 1. The van der Waals surface area contributed by atoms with Gasteiger partial charge in [-0.3, -0.25) is 9.52 Å². The third-order valence-corrected chi connectivity index (χ3v) is 6.28. The van der Waals surface area contributed by atoms with Crippen molar-refractivity contribution in [2.24, 2.45) is 0 Å². The SMILES string of the molecule is Cc1cc(Cl)ccc1NS(=O)(=O)c1ccc2onc(C(=O)N3CCOCC3)c2c1. The maximum absolute atomic E-state index is 12.9. The van der Waals surface area contributed by atoms with Gasteiger partial charge in [0.15, 0.2) is 11.3 Å². The molecular formula is C19H18ClN3O5S. The van der Waals surface area contributed by atoms with E-state index < -0.39 is 10.0 Å². The summed E-state index contributed by atoms with van der Waals surface area (Å²) in [6.45, 7) is 3.55. The first-order chi connectivity index (χ1) is 13.8. The molecule has 2 heterocycles. The van der Waals surface area contributed by atoms with Gasteiger partial charge >= 0.3 is 0 Å². The van der Waals surface area contributed by atoms with Gasteiger partial charge in [0.1, 0.15) is 0 Å². The van der Waals surface area contributed by atoms with Crippen molar-refractivity contribution >= 4 is 44.2 Å². The lowest BCUT2D eigenvalue weighted by Crippen LogP contribution is -2.40. The Kier molecular flexibility index (Phi) is 5.20. The van der Waals surface area contributed by atoms with Crippen LogP contribution in [0.15, 0.2) is 45.8 Å². The number of halogens is 1. The van der Waals surface area contributed by atoms with Crippen LogP contribution in [0.25, 0.3) is 11.0 Å². The molecule has 8 nitrogen and oxygen atoms in total. The molecule has 10 heteroatoms. The highest BCUT2D eigenvalue weighted by molar-refractivity contribution is 7.92. The topological polar surface area (TPSA) is 102 Å². The molecule has 1 aromatic heterocycles. The molecule has 1 saturated heterocycles. The number of benzene rings is 2. The van der Waals surface area contributed by atoms with Gasteiger partial charge in [-0.15, -0.1) is 0 Å². The summed E-state index contributed by atoms with van der Waals surface area (Å²) in [6.07, 6.45) is 0. The van der Waals surface area contributed by atoms with Gasteiger partial charge in [0.25, 0.3) is 15.9 Å². The number of ether oxygens (including phenoxy) is 1. The molecule has 0 spiro atoms. The lowest BCUT2D eigenvalue weighted by molar-refractivity contribution is 0.0297. The quantitative estimate of drug-likeness (QED) is 0.675. The van der Waals surface area contributed by atoms with Crippen molar-refractivity contribution in [2.75, 3.05) is 31.0 Å². The highest BCUT2D eigenvalue weighted by Crippen LogP contribution is 2.27. The number of nitrogens with one attached hydrogen (secondary N) is 1. The maximum atomic E-state index is 12.9. The highest BCUT2D eigenvalue weighted by Gasteiger charge is 2.25. The molecule has 0 unspecified atom stereocenters. The van der Waals surface area contributed by atoms with E-state index in [1.54, 1.807) is 30.0 Å². The fourth-order valence-electron chi connectivity index (χ4n) is 3.10. The smallest absolute Gasteiger partial charge is 0.276 e. The first-order valence-electron chi connectivity index (χ1n) is 8.90. The van der Waals surface area contributed by atoms with E-state index in [-0.39, 0.29) is 16.5 Å². The molecule has 4 rings (SSSR count). The normalized spacial score (nSPS) is 14.9. The third kappa shape index (κ3) is 3.93. The highest BCUT2D eigenvalue weighted by atomic mass is 35.5. The Labute approximate surface area is 172 Å². The van der Waals surface area contributed by atoms with Crippen molar-refractivity contribution in [3.05, 3.63) is 52.7 Å². The Balaban J connectivity index is 1.68. The number of anilines is 1. The van der Waals surface area contributed by atoms with Crippen LogP contribution in [0.2, 0.25) is 5.02 Å². The fraction of sp³-hybridized carbons (Fsp3) is 0.263. The van der Waals surface area contributed by atoms with Crippen LogP contribution < -0.4 is 4.72 Å². The van der Waals surface area contributed by atoms with Crippen LogP contribution in [0.1, 0.15) is 16.1 Å². The molecule has 1 fully saturated rings. The third-order valence-electron chi connectivity index (χ3n) is 4.69. The molecule has 0 saturated carbocycles. The summed E-state index contributed by atoms with van der Waals surface area (Å²) in [5.74, 6) is -0.317. The van der Waals surface area contributed by atoms with Gasteiger partial charge < -0.3 is 14.2 Å². The van der Waals surface area contributed by atoms with Crippen LogP contribution in [0.3, 0.4) is 0 Å². The monoisotopic (exact) mass is 435 g/mol. The Bertz CT molecular complexity index is 1190. The van der Waals surface area contributed by atoms with Gasteiger partial charge in [-0.1, -0.05) is 16.8 Å². The van der Waals surface area contributed by atoms with E-state index in [1.807, 2.05) is 0 Å². The molecular weight excluding hydrogens is 418 g/mol. The number of fused-ring (bicyclic) bond motifs is 1. The summed E-state index contributed by atoms with van der Waals surface area (Å²) in [7, 11) is -3.89. The lowest BCUT2D eigenvalue weighted by Gasteiger charge is -2.25. The van der Waals surface area contributed by atoms with Crippen molar-refractivity contribution in [3.8, 4) is 0 Å². The number of morpholine rings is 1. The molecule has 1 aliphatic rings. The van der Waals surface area contributed by atoms with Crippen molar-refractivity contribution in [2.45, 2.75) is 11.8 Å². The zero-order valence-electron chi connectivity index (χ0n) is 15.5. The van der Waals surface area contributed by atoms with E-state index in [4.69, 9.17) is 20.9 Å². The standard InChI is InChI=1S/C19H18ClN3O5S/c1-12-10-13(20)2-4-16(12)22-29(25,26)14-3-5-17-15(11-14)18(21-28-17)19(24)23-6-8-27-9-7-23/h2-5,10-11,22H,6-9H2,1H3. The first kappa shape index (κ1) is 19.7. The van der Waals surface area contributed by atoms with E-state index in [1.165, 1.54) is 18.2 Å². The second-order valence-corrected chi connectivity index (χ2v) is 8.78. The molecule has 0 radical (unpaired) electrons. The predicted octanol–water partition coefficient (Wildman–Crippen LogP) is 3.06. The number of carbonyl (C=O) groups excluding carboxylic acids is 1. The number of aromatic nitrogens is 1. The molecule has 152 valence electrons. The Morgan fingerprint density at radius 1 is 1.17 bits per heavy atom. The van der Waals surface area contributed by atoms with E-state index in [0.717, 1.165) is 0 Å². The number of rotatable bonds is 4. The maximum Gasteiger partial charge on any atom is 0.276 e. The Hall–Kier alpha value is -2.62. The fourth-order valence-corrected chi connectivity index (χ4v) is 4.48. The molecule has 0 bridgehead atoms. The van der Waals surface area contributed by atoms with Gasteiger partial charge in [-0.2, -0.15) is 0 Å². The summed E-state index contributed by atoms with van der Waals surface area (Å²) in [4.78, 5) is 14.4. The van der Waals surface area contributed by atoms with E-state index in [2.05, 4.69) is 9.88 Å². The molecule has 2 aromatic carbocycles. The predicted molar refractivity (Wildman–Crippen MR) is 108 cm³/mol. The number of hydrogen-bond donors (Lipinski definition) is 1. The molecule has 1 amide bonds. The lowest BCUT2D eigenvalue weighted by atomic mass is 10.2. The van der Waals surface area contributed by atoms with Crippen LogP contribution in [0, 0.1) is 6.92 Å². The zero-order valence-corrected chi connectivity index (χ0v) is 17.1. The van der Waals surface area contributed by atoms with E-state index >= 15 is 0 Å². The first-order valence-corrected chi connectivity index (χ1v) is 10.8. The minimum atomic E-state index is -3.89. The minimum Gasteiger partial charge on any atom is -0.378 e. The average molecular weight is 436 g/mol. The van der Waals surface area contributed by atoms with Crippen molar-refractivity contribution in [1.82, 2.24) is 10.1 Å². The van der Waals surface area contributed by atoms with Crippen LogP contribution in [-0.4, -0.2) is 50.7 Å². The van der Waals surface area contributed by atoms with Gasteiger partial charge in [-0.05, 0) is 48.9 Å². The number of carbonyl (C=O) groups is 1. The van der Waals surface area contributed by atoms with Crippen LogP contribution in [0.5, 0.6) is 0 Å². The van der Waals surface area contributed by atoms with Crippen LogP contribution >= 0.6 is 11.6 Å². The summed E-state index contributed by atoms with van der Waals surface area (Å²) >= 11 is 5.93. The molecule has 1 N–H and O–H groups in total. The summed E-state index contributed by atoms with van der Waals surface area (Å²) < 4.78 is 38.8. The van der Waals surface area contributed by atoms with Crippen molar-refractivity contribution < 1.29 is 22.5 Å². The van der Waals surface area contributed by atoms with Crippen molar-refractivity contribution in [3.63, 3.8) is 0 Å². The molecule has 29 heavy (non-hydrogen) atoms. The largest absolute Gasteiger partial charge is 0.378 e. The summed E-state index contributed by atoms with van der Waals surface area (Å²) in [5.41, 5.74) is 1.53. The van der Waals surface area contributed by atoms with Gasteiger partial charge in [-0.25, -0.2) is 8.42 Å². The minimum absolute atomic E-state index is 0.00132. The summed E-state index contributed by atoms with van der Waals surface area (Å²) in [5, 5.41) is 4.73. The van der Waals surface area contributed by atoms with Crippen LogP contribution in [0.4, 0.5) is 5.69 Å². The molecule has 0 atom stereocenters. The van der Waals surface area contributed by atoms with Crippen LogP contribution in [-0.2, 0) is 14.8 Å². The van der Waals surface area contributed by atoms with Gasteiger partial charge in [0.05, 0.1) is 29.2 Å². The number of aryl methyl sites for hydroxylation is 1. The van der Waals surface area contributed by atoms with Gasteiger partial charge in [0, 0.05) is 18.1 Å². The molecule has 3 aromatic rings. The molecule has 1 aliphatic heterocycles. The zero-order chi connectivity index (χ0) is 20.6. The Morgan fingerprint density at radius 2 is 1.93 bits per heavy atom. The summed E-state index contributed by atoms with van der Waals surface area (Å²) in [6, 6.07) is 9.16. The average Bonchev–Trinajstić information content (AvgIpc) is 3.13. The molecule has 0 aliphatic carbocycles. The van der Waals surface area contributed by atoms with E-state index in [0.29, 0.717) is 53.5 Å². The number of nitrogens with zero attached hydrogens (tertiary/aromatic N) is 2.